The number of aromatic nitrogens is 2. The molecule has 3 rings (SSSR count). The van der Waals surface area contributed by atoms with Crippen molar-refractivity contribution in [3.05, 3.63) is 64.0 Å². The minimum Gasteiger partial charge on any atom is -0.438 e. The third-order valence-corrected chi connectivity index (χ3v) is 4.64. The minimum absolute atomic E-state index is 0.0197. The Hall–Kier alpha value is -3.07. The number of carbonyl (C=O) groups excluding carboxylic acids is 2. The molecule has 0 saturated carbocycles. The molecular weight excluding hydrogens is 383 g/mol. The van der Waals surface area contributed by atoms with Gasteiger partial charge in [0.25, 0.3) is 11.8 Å². The molecule has 0 fully saturated rings. The summed E-state index contributed by atoms with van der Waals surface area (Å²) in [6, 6.07) is 3.60. The second-order valence-electron chi connectivity index (χ2n) is 7.11. The van der Waals surface area contributed by atoms with E-state index in [-0.39, 0.29) is 29.0 Å². The molecule has 0 aliphatic heterocycles. The molecule has 28 heavy (non-hydrogen) atoms. The van der Waals surface area contributed by atoms with Crippen LogP contribution in [0.15, 0.2) is 40.6 Å². The van der Waals surface area contributed by atoms with Gasteiger partial charge in [-0.2, -0.15) is 0 Å². The molecule has 2 heterocycles. The molecule has 0 aliphatic carbocycles. The molecule has 7 nitrogen and oxygen atoms in total. The van der Waals surface area contributed by atoms with Crippen LogP contribution in [0.5, 0.6) is 0 Å². The van der Waals surface area contributed by atoms with Crippen LogP contribution in [0.3, 0.4) is 0 Å². The number of hydrogen-bond acceptors (Lipinski definition) is 6. The Morgan fingerprint density at radius 2 is 2.00 bits per heavy atom. The molecule has 1 aromatic carbocycles. The van der Waals surface area contributed by atoms with E-state index in [9.17, 15) is 14.0 Å². The summed E-state index contributed by atoms with van der Waals surface area (Å²) >= 11 is 1.45. The second kappa shape index (κ2) is 7.89. The van der Waals surface area contributed by atoms with Gasteiger partial charge in [-0.25, -0.2) is 14.4 Å². The summed E-state index contributed by atoms with van der Waals surface area (Å²) in [7, 11) is 0. The Morgan fingerprint density at radius 3 is 2.64 bits per heavy atom. The van der Waals surface area contributed by atoms with Crippen LogP contribution in [-0.2, 0) is 12.0 Å². The fourth-order valence-corrected chi connectivity index (χ4v) is 3.27. The number of halogens is 1. The van der Waals surface area contributed by atoms with Gasteiger partial charge in [-0.3, -0.25) is 9.59 Å². The number of nitrogens with zero attached hydrogens (tertiary/aromatic N) is 2. The molecule has 0 atom stereocenters. The van der Waals surface area contributed by atoms with Crippen LogP contribution in [0, 0.1) is 5.82 Å². The van der Waals surface area contributed by atoms with Gasteiger partial charge in [0.05, 0.1) is 18.4 Å². The van der Waals surface area contributed by atoms with E-state index in [2.05, 4.69) is 41.4 Å². The van der Waals surface area contributed by atoms with E-state index in [1.807, 2.05) is 5.38 Å². The van der Waals surface area contributed by atoms with E-state index in [0.29, 0.717) is 0 Å². The first-order chi connectivity index (χ1) is 13.2. The van der Waals surface area contributed by atoms with Crippen LogP contribution in [0.2, 0.25) is 0 Å². The summed E-state index contributed by atoms with van der Waals surface area (Å²) in [5.41, 5.74) is 1.10. The number of benzene rings is 1. The molecule has 2 aromatic heterocycles. The third kappa shape index (κ3) is 4.80. The number of thiazole rings is 1. The zero-order valence-corrected chi connectivity index (χ0v) is 16.4. The third-order valence-electron chi connectivity index (χ3n) is 3.79. The smallest absolute Gasteiger partial charge is 0.293 e. The Labute approximate surface area is 165 Å². The van der Waals surface area contributed by atoms with Gasteiger partial charge in [0.2, 0.25) is 5.76 Å². The fourth-order valence-electron chi connectivity index (χ4n) is 2.31. The number of amides is 2. The molecule has 2 amide bonds. The first-order valence-corrected chi connectivity index (χ1v) is 9.34. The average Bonchev–Trinajstić information content (AvgIpc) is 3.30. The van der Waals surface area contributed by atoms with Gasteiger partial charge < -0.3 is 15.1 Å². The highest BCUT2D eigenvalue weighted by molar-refractivity contribution is 7.09. The Morgan fingerprint density at radius 1 is 1.21 bits per heavy atom. The monoisotopic (exact) mass is 402 g/mol. The number of nitrogens with one attached hydrogen (secondary N) is 2. The molecule has 3 aromatic rings. The maximum atomic E-state index is 13.9. The molecule has 0 unspecified atom stereocenters. The van der Waals surface area contributed by atoms with Crippen LogP contribution in [-0.4, -0.2) is 21.8 Å². The standard InChI is InChI=1S/C19H19FN4O3S/c1-19(2,3)15-9-28-16(24-15)8-22-17(25)11-4-12(20)6-13(5-11)23-18(26)14-7-21-10-27-14/h4-7,9-10H,8H2,1-3H3,(H,22,25)(H,23,26). The zero-order valence-electron chi connectivity index (χ0n) is 15.6. The summed E-state index contributed by atoms with van der Waals surface area (Å²) < 4.78 is 18.8. The van der Waals surface area contributed by atoms with Gasteiger partial charge in [0.1, 0.15) is 10.8 Å². The maximum Gasteiger partial charge on any atom is 0.293 e. The topological polar surface area (TPSA) is 97.1 Å². The lowest BCUT2D eigenvalue weighted by atomic mass is 9.93. The van der Waals surface area contributed by atoms with Crippen molar-refractivity contribution in [2.45, 2.75) is 32.7 Å². The Balaban J connectivity index is 1.67. The number of carbonyl (C=O) groups is 2. The van der Waals surface area contributed by atoms with Crippen molar-refractivity contribution >= 4 is 28.8 Å². The van der Waals surface area contributed by atoms with Crippen LogP contribution in [0.25, 0.3) is 0 Å². The van der Waals surface area contributed by atoms with E-state index >= 15 is 0 Å². The van der Waals surface area contributed by atoms with Crippen molar-refractivity contribution in [1.29, 1.82) is 0 Å². The van der Waals surface area contributed by atoms with Crippen LogP contribution in [0.1, 0.15) is 52.4 Å². The van der Waals surface area contributed by atoms with Crippen molar-refractivity contribution in [2.75, 3.05) is 5.32 Å². The Bertz CT molecular complexity index is 993. The van der Waals surface area contributed by atoms with E-state index in [1.54, 1.807) is 0 Å². The quantitative estimate of drug-likeness (QED) is 0.677. The Kier molecular flexibility index (Phi) is 5.55. The van der Waals surface area contributed by atoms with Gasteiger partial charge in [-0.05, 0) is 18.2 Å². The predicted molar refractivity (Wildman–Crippen MR) is 103 cm³/mol. The SMILES string of the molecule is CC(C)(C)c1csc(CNC(=O)c2cc(F)cc(NC(=O)c3cnco3)c2)n1. The van der Waals surface area contributed by atoms with E-state index in [4.69, 9.17) is 4.42 Å². The van der Waals surface area contributed by atoms with E-state index < -0.39 is 17.6 Å². The van der Waals surface area contributed by atoms with Gasteiger partial charge in [-0.15, -0.1) is 11.3 Å². The summed E-state index contributed by atoms with van der Waals surface area (Å²) in [6.45, 7) is 6.42. The van der Waals surface area contributed by atoms with Crippen molar-refractivity contribution in [1.82, 2.24) is 15.3 Å². The number of oxazole rings is 1. The zero-order chi connectivity index (χ0) is 20.3. The molecule has 0 bridgehead atoms. The molecule has 2 N–H and O–H groups in total. The minimum atomic E-state index is -0.648. The summed E-state index contributed by atoms with van der Waals surface area (Å²) in [5.74, 6) is -1.73. The number of anilines is 1. The van der Waals surface area contributed by atoms with Crippen LogP contribution >= 0.6 is 11.3 Å². The van der Waals surface area contributed by atoms with Crippen molar-refractivity contribution < 1.29 is 18.4 Å². The molecule has 9 heteroatoms. The molecular formula is C19H19FN4O3S. The molecule has 0 aliphatic rings. The normalized spacial score (nSPS) is 11.3. The van der Waals surface area contributed by atoms with E-state index in [1.165, 1.54) is 23.6 Å². The lowest BCUT2D eigenvalue weighted by molar-refractivity contribution is 0.0948. The van der Waals surface area contributed by atoms with Crippen LogP contribution in [0.4, 0.5) is 10.1 Å². The molecule has 0 radical (unpaired) electrons. The van der Waals surface area contributed by atoms with Gasteiger partial charge in [-0.1, -0.05) is 20.8 Å². The molecule has 0 saturated heterocycles. The largest absolute Gasteiger partial charge is 0.438 e. The van der Waals surface area contributed by atoms with Crippen molar-refractivity contribution in [3.8, 4) is 0 Å². The van der Waals surface area contributed by atoms with Gasteiger partial charge >= 0.3 is 0 Å². The molecule has 146 valence electrons. The fraction of sp³-hybridized carbons (Fsp3) is 0.263. The lowest BCUT2D eigenvalue weighted by Gasteiger charge is -2.14. The number of hydrogen-bond donors (Lipinski definition) is 2. The summed E-state index contributed by atoms with van der Waals surface area (Å²) in [5, 5.41) is 7.90. The molecule has 0 spiro atoms. The summed E-state index contributed by atoms with van der Waals surface area (Å²) in [6.07, 6.45) is 2.35. The highest BCUT2D eigenvalue weighted by Crippen LogP contribution is 2.24. The summed E-state index contributed by atoms with van der Waals surface area (Å²) in [4.78, 5) is 32.5. The predicted octanol–water partition coefficient (Wildman–Crippen LogP) is 3.75. The average molecular weight is 402 g/mol. The van der Waals surface area contributed by atoms with Gasteiger partial charge in [0, 0.05) is 22.0 Å². The highest BCUT2D eigenvalue weighted by atomic mass is 32.1. The van der Waals surface area contributed by atoms with Crippen molar-refractivity contribution in [3.63, 3.8) is 0 Å². The second-order valence-corrected chi connectivity index (χ2v) is 8.05. The van der Waals surface area contributed by atoms with Gasteiger partial charge in [0.15, 0.2) is 6.39 Å². The van der Waals surface area contributed by atoms with Crippen LogP contribution < -0.4 is 10.6 Å². The first-order valence-electron chi connectivity index (χ1n) is 8.46. The first kappa shape index (κ1) is 19.7. The maximum absolute atomic E-state index is 13.9. The van der Waals surface area contributed by atoms with E-state index in [0.717, 1.165) is 29.2 Å². The highest BCUT2D eigenvalue weighted by Gasteiger charge is 2.18. The van der Waals surface area contributed by atoms with Crippen molar-refractivity contribution in [2.24, 2.45) is 0 Å². The lowest BCUT2D eigenvalue weighted by Crippen LogP contribution is -2.23. The number of rotatable bonds is 5.